The maximum absolute atomic E-state index is 9.22. The number of rotatable bonds is 2. The summed E-state index contributed by atoms with van der Waals surface area (Å²) in [4.78, 5) is 2.32. The summed E-state index contributed by atoms with van der Waals surface area (Å²) in [5, 5.41) is 18.4. The van der Waals surface area contributed by atoms with Gasteiger partial charge in [-0.05, 0) is 48.4 Å². The molecule has 0 spiro atoms. The minimum Gasteiger partial charge on any atom is -0.392 e. The molecule has 17 heavy (non-hydrogen) atoms. The van der Waals surface area contributed by atoms with E-state index in [1.54, 1.807) is 0 Å². The number of benzene rings is 1. The van der Waals surface area contributed by atoms with Crippen LogP contribution in [0.25, 0.3) is 0 Å². The second kappa shape index (κ2) is 3.75. The first kappa shape index (κ1) is 10.6. The van der Waals surface area contributed by atoms with Crippen molar-refractivity contribution in [1.29, 1.82) is 5.26 Å². The highest BCUT2D eigenvalue weighted by atomic mass is 16.3. The average Bonchev–Trinajstić information content (AvgIpc) is 2.96. The summed E-state index contributed by atoms with van der Waals surface area (Å²) in [5.74, 6) is 1.72. The van der Waals surface area contributed by atoms with Gasteiger partial charge in [-0.25, -0.2) is 0 Å². The highest BCUT2D eigenvalue weighted by Crippen LogP contribution is 2.46. The van der Waals surface area contributed by atoms with Gasteiger partial charge in [0, 0.05) is 13.1 Å². The number of piperidine rings is 1. The van der Waals surface area contributed by atoms with E-state index in [9.17, 15) is 10.4 Å². The lowest BCUT2D eigenvalue weighted by molar-refractivity contribution is 0.281. The molecule has 2 aliphatic rings. The topological polar surface area (TPSA) is 47.3 Å². The quantitative estimate of drug-likeness (QED) is 0.839. The maximum atomic E-state index is 9.22. The zero-order valence-electron chi connectivity index (χ0n) is 9.98. The van der Waals surface area contributed by atoms with Crippen molar-refractivity contribution in [3.63, 3.8) is 0 Å². The zero-order chi connectivity index (χ0) is 12.0. The van der Waals surface area contributed by atoms with E-state index in [2.05, 4.69) is 17.0 Å². The highest BCUT2D eigenvalue weighted by molar-refractivity contribution is 5.63. The molecule has 3 heteroatoms. The molecule has 0 amide bonds. The number of anilines is 1. The number of hydrogen-bond donors (Lipinski definition) is 1. The fourth-order valence-corrected chi connectivity index (χ4v) is 2.85. The molecule has 2 fully saturated rings. The van der Waals surface area contributed by atoms with Gasteiger partial charge in [-0.3, -0.25) is 0 Å². The molecule has 1 heterocycles. The fourth-order valence-electron chi connectivity index (χ4n) is 2.85. The van der Waals surface area contributed by atoms with Crippen LogP contribution in [0.15, 0.2) is 12.1 Å². The molecule has 2 unspecified atom stereocenters. The van der Waals surface area contributed by atoms with Crippen molar-refractivity contribution in [2.24, 2.45) is 11.8 Å². The van der Waals surface area contributed by atoms with Gasteiger partial charge < -0.3 is 10.0 Å². The molecule has 3 nitrogen and oxygen atoms in total. The predicted molar refractivity (Wildman–Crippen MR) is 65.6 cm³/mol. The lowest BCUT2D eigenvalue weighted by Gasteiger charge is -2.22. The molecular weight excluding hydrogens is 212 g/mol. The van der Waals surface area contributed by atoms with Crippen molar-refractivity contribution in [3.8, 4) is 6.07 Å². The Labute approximate surface area is 101 Å². The van der Waals surface area contributed by atoms with Gasteiger partial charge in [0.15, 0.2) is 0 Å². The van der Waals surface area contributed by atoms with Gasteiger partial charge >= 0.3 is 0 Å². The molecule has 1 saturated heterocycles. The first-order chi connectivity index (χ1) is 8.22. The molecule has 88 valence electrons. The second-order valence-electron chi connectivity index (χ2n) is 5.23. The molecule has 1 aliphatic carbocycles. The lowest BCUT2D eigenvalue weighted by Crippen LogP contribution is -2.23. The monoisotopic (exact) mass is 228 g/mol. The van der Waals surface area contributed by atoms with Crippen LogP contribution in [0.1, 0.15) is 23.1 Å². The maximum Gasteiger partial charge on any atom is 0.101 e. The fraction of sp³-hybridized carbons (Fsp3) is 0.500. The minimum atomic E-state index is 0.00600. The van der Waals surface area contributed by atoms with Crippen LogP contribution in [0.5, 0.6) is 0 Å². The van der Waals surface area contributed by atoms with E-state index in [4.69, 9.17) is 0 Å². The van der Waals surface area contributed by atoms with Gasteiger partial charge in [-0.2, -0.15) is 5.26 Å². The number of aryl methyl sites for hydroxylation is 1. The Balaban J connectivity index is 1.98. The normalized spacial score (nSPS) is 25.6. The van der Waals surface area contributed by atoms with Crippen molar-refractivity contribution >= 4 is 5.69 Å². The van der Waals surface area contributed by atoms with Gasteiger partial charge in [0.1, 0.15) is 6.07 Å². The van der Waals surface area contributed by atoms with E-state index in [1.807, 2.05) is 13.0 Å². The van der Waals surface area contributed by atoms with E-state index in [0.717, 1.165) is 41.7 Å². The van der Waals surface area contributed by atoms with Crippen molar-refractivity contribution < 1.29 is 5.11 Å². The number of fused-ring (bicyclic) bond motifs is 1. The largest absolute Gasteiger partial charge is 0.392 e. The van der Waals surface area contributed by atoms with E-state index in [1.165, 1.54) is 6.42 Å². The van der Waals surface area contributed by atoms with E-state index < -0.39 is 0 Å². The molecular formula is C14H16N2O. The summed E-state index contributed by atoms with van der Waals surface area (Å²) < 4.78 is 0. The van der Waals surface area contributed by atoms with Crippen LogP contribution in [-0.2, 0) is 6.61 Å². The molecule has 1 aromatic carbocycles. The Hall–Kier alpha value is -1.53. The molecule has 1 saturated carbocycles. The van der Waals surface area contributed by atoms with Crippen molar-refractivity contribution in [2.45, 2.75) is 20.0 Å². The van der Waals surface area contributed by atoms with Crippen LogP contribution in [-0.4, -0.2) is 18.2 Å². The smallest absolute Gasteiger partial charge is 0.101 e. The number of nitrogens with zero attached hydrogens (tertiary/aromatic N) is 2. The van der Waals surface area contributed by atoms with E-state index >= 15 is 0 Å². The first-order valence-electron chi connectivity index (χ1n) is 6.12. The Bertz CT molecular complexity index is 494. The highest BCUT2D eigenvalue weighted by Gasteiger charge is 2.45. The third kappa shape index (κ3) is 1.69. The van der Waals surface area contributed by atoms with Crippen LogP contribution in [0.3, 0.4) is 0 Å². The molecule has 0 radical (unpaired) electrons. The summed E-state index contributed by atoms with van der Waals surface area (Å²) in [5.41, 5.74) is 3.67. The Kier molecular flexibility index (Phi) is 2.34. The van der Waals surface area contributed by atoms with Gasteiger partial charge in [0.05, 0.1) is 17.9 Å². The summed E-state index contributed by atoms with van der Waals surface area (Å²) in [6, 6.07) is 6.13. The molecule has 3 rings (SSSR count). The number of aliphatic hydroxyl groups excluding tert-OH is 1. The first-order valence-corrected chi connectivity index (χ1v) is 6.12. The van der Waals surface area contributed by atoms with Crippen molar-refractivity contribution in [1.82, 2.24) is 0 Å². The molecule has 0 aromatic heterocycles. The van der Waals surface area contributed by atoms with Crippen molar-refractivity contribution in [2.75, 3.05) is 18.0 Å². The SMILES string of the molecule is Cc1cc(N2CC3CC3C2)c(C#N)cc1CO. The number of nitriles is 1. The third-order valence-corrected chi connectivity index (χ3v) is 4.06. The Morgan fingerprint density at radius 2 is 2.12 bits per heavy atom. The van der Waals surface area contributed by atoms with Gasteiger partial charge in [0.25, 0.3) is 0 Å². The van der Waals surface area contributed by atoms with Gasteiger partial charge in [0.2, 0.25) is 0 Å². The Morgan fingerprint density at radius 1 is 1.41 bits per heavy atom. The predicted octanol–water partition coefficient (Wildman–Crippen LogP) is 1.82. The van der Waals surface area contributed by atoms with Gasteiger partial charge in [-0.1, -0.05) is 0 Å². The van der Waals surface area contributed by atoms with Gasteiger partial charge in [-0.15, -0.1) is 0 Å². The van der Waals surface area contributed by atoms with Crippen LogP contribution in [0.4, 0.5) is 5.69 Å². The summed E-state index contributed by atoms with van der Waals surface area (Å²) in [6.45, 7) is 4.19. The second-order valence-corrected chi connectivity index (χ2v) is 5.23. The molecule has 1 aliphatic heterocycles. The molecule has 1 N–H and O–H groups in total. The number of aliphatic hydroxyl groups is 1. The van der Waals surface area contributed by atoms with Crippen molar-refractivity contribution in [3.05, 3.63) is 28.8 Å². The van der Waals surface area contributed by atoms with Crippen LogP contribution in [0, 0.1) is 30.1 Å². The summed E-state index contributed by atoms with van der Waals surface area (Å²) in [6.07, 6.45) is 1.37. The van der Waals surface area contributed by atoms with E-state index in [0.29, 0.717) is 5.56 Å². The summed E-state index contributed by atoms with van der Waals surface area (Å²) in [7, 11) is 0. The standard InChI is InChI=1S/C14H16N2O/c1-9-2-14(10(5-15)3-13(9)8-17)16-6-11-4-12(11)7-16/h2-3,11-12,17H,4,6-8H2,1H3. The summed E-state index contributed by atoms with van der Waals surface area (Å²) >= 11 is 0. The van der Waals surface area contributed by atoms with Crippen LogP contribution < -0.4 is 4.90 Å². The lowest BCUT2D eigenvalue weighted by atomic mass is 10.0. The van der Waals surface area contributed by atoms with Crippen LogP contribution in [0.2, 0.25) is 0 Å². The van der Waals surface area contributed by atoms with Crippen LogP contribution >= 0.6 is 0 Å². The molecule has 2 atom stereocenters. The molecule has 1 aromatic rings. The molecule has 0 bridgehead atoms. The Morgan fingerprint density at radius 3 is 2.71 bits per heavy atom. The third-order valence-electron chi connectivity index (χ3n) is 4.06. The van der Waals surface area contributed by atoms with E-state index in [-0.39, 0.29) is 6.61 Å². The average molecular weight is 228 g/mol. The minimum absolute atomic E-state index is 0.00600. The zero-order valence-corrected chi connectivity index (χ0v) is 9.98. The number of hydrogen-bond acceptors (Lipinski definition) is 3.